The summed E-state index contributed by atoms with van der Waals surface area (Å²) in [5.74, 6) is 1.78. The smallest absolute Gasteiger partial charge is 0.249 e. The summed E-state index contributed by atoms with van der Waals surface area (Å²) in [5, 5.41) is 0. The number of hydrogen-bond donors (Lipinski definition) is 0. The number of nitrogens with zero attached hydrogens (tertiary/aromatic N) is 2. The lowest BCUT2D eigenvalue weighted by Gasteiger charge is -2.05. The number of benzene rings is 2. The van der Waals surface area contributed by atoms with E-state index in [-0.39, 0.29) is 0 Å². The van der Waals surface area contributed by atoms with Crippen LogP contribution in [0.5, 0.6) is 11.5 Å². The summed E-state index contributed by atoms with van der Waals surface area (Å²) in [5.41, 5.74) is 3.32. The molecule has 0 fully saturated rings. The SMILES string of the molecule is CC.C[n+]1cc2n(c1)-c1ccccc1Oc1ccccc1-2. The van der Waals surface area contributed by atoms with Gasteiger partial charge in [-0.05, 0) is 24.3 Å². The molecule has 2 heterocycles. The molecule has 0 radical (unpaired) electrons. The second kappa shape index (κ2) is 5.44. The van der Waals surface area contributed by atoms with Crippen molar-refractivity contribution in [1.82, 2.24) is 4.57 Å². The highest BCUT2D eigenvalue weighted by molar-refractivity contribution is 5.72. The quantitative estimate of drug-likeness (QED) is 0.443. The molecule has 0 bridgehead atoms. The van der Waals surface area contributed by atoms with Crippen molar-refractivity contribution in [2.45, 2.75) is 13.8 Å². The van der Waals surface area contributed by atoms with Gasteiger partial charge in [0.05, 0.1) is 12.6 Å². The Balaban J connectivity index is 0.000000636. The zero-order valence-corrected chi connectivity index (χ0v) is 12.6. The highest BCUT2D eigenvalue weighted by Crippen LogP contribution is 2.40. The number of imidazole rings is 1. The minimum absolute atomic E-state index is 0.880. The van der Waals surface area contributed by atoms with Crippen LogP contribution in [0.2, 0.25) is 0 Å². The molecule has 0 N–H and O–H groups in total. The molecule has 1 aliphatic heterocycles. The van der Waals surface area contributed by atoms with Gasteiger partial charge in [0.1, 0.15) is 11.9 Å². The lowest BCUT2D eigenvalue weighted by atomic mass is 10.1. The maximum absolute atomic E-state index is 6.05. The molecule has 1 aromatic heterocycles. The van der Waals surface area contributed by atoms with Crippen LogP contribution < -0.4 is 9.30 Å². The molecular weight excluding hydrogens is 260 g/mol. The van der Waals surface area contributed by atoms with Gasteiger partial charge >= 0.3 is 0 Å². The van der Waals surface area contributed by atoms with Gasteiger partial charge in [-0.2, -0.15) is 4.57 Å². The Morgan fingerprint density at radius 2 is 1.57 bits per heavy atom. The number of aryl methyl sites for hydroxylation is 1. The molecule has 1 aliphatic rings. The largest absolute Gasteiger partial charge is 0.452 e. The molecule has 0 atom stereocenters. The highest BCUT2D eigenvalue weighted by Gasteiger charge is 2.25. The van der Waals surface area contributed by atoms with E-state index in [0.717, 1.165) is 28.4 Å². The fourth-order valence-corrected chi connectivity index (χ4v) is 2.55. The maximum Gasteiger partial charge on any atom is 0.249 e. The van der Waals surface area contributed by atoms with Gasteiger partial charge in [-0.15, -0.1) is 0 Å². The normalized spacial score (nSPS) is 11.0. The number of aromatic nitrogens is 2. The van der Waals surface area contributed by atoms with E-state index in [1.165, 1.54) is 0 Å². The summed E-state index contributed by atoms with van der Waals surface area (Å²) in [7, 11) is 2.04. The first kappa shape index (κ1) is 13.4. The predicted octanol–water partition coefficient (Wildman–Crippen LogP) is 4.10. The van der Waals surface area contributed by atoms with Crippen LogP contribution in [0.15, 0.2) is 61.1 Å². The van der Waals surface area contributed by atoms with E-state index >= 15 is 0 Å². The maximum atomic E-state index is 6.05. The molecule has 106 valence electrons. The van der Waals surface area contributed by atoms with Crippen molar-refractivity contribution in [3.63, 3.8) is 0 Å². The molecule has 21 heavy (non-hydrogen) atoms. The Morgan fingerprint density at radius 3 is 2.38 bits per heavy atom. The van der Waals surface area contributed by atoms with Crippen LogP contribution in [0.1, 0.15) is 13.8 Å². The zero-order valence-electron chi connectivity index (χ0n) is 12.6. The monoisotopic (exact) mass is 279 g/mol. The van der Waals surface area contributed by atoms with Crippen LogP contribution in [-0.4, -0.2) is 4.57 Å². The standard InChI is InChI=1S/C16H13N2O.C2H6/c1-17-10-14-12-6-2-4-8-15(12)19-16-9-5-3-7-13(16)18(14)11-17;1-2/h2-11H,1H3;1-2H3/q+1;. The van der Waals surface area contributed by atoms with Gasteiger partial charge in [0.2, 0.25) is 6.33 Å². The summed E-state index contributed by atoms with van der Waals surface area (Å²) in [6.07, 6.45) is 4.18. The Kier molecular flexibility index (Phi) is 3.48. The van der Waals surface area contributed by atoms with Crippen molar-refractivity contribution < 1.29 is 9.30 Å². The minimum atomic E-state index is 0.880. The Morgan fingerprint density at radius 1 is 0.905 bits per heavy atom. The summed E-state index contributed by atoms with van der Waals surface area (Å²) >= 11 is 0. The molecule has 0 saturated carbocycles. The minimum Gasteiger partial charge on any atom is -0.452 e. The van der Waals surface area contributed by atoms with E-state index in [2.05, 4.69) is 33.8 Å². The molecule has 0 amide bonds. The molecular formula is C18H19N2O+. The Hall–Kier alpha value is -2.55. The van der Waals surface area contributed by atoms with Crippen LogP contribution >= 0.6 is 0 Å². The number of hydrogen-bond acceptors (Lipinski definition) is 1. The molecule has 4 rings (SSSR count). The molecule has 3 nitrogen and oxygen atoms in total. The topological polar surface area (TPSA) is 18.0 Å². The predicted molar refractivity (Wildman–Crippen MR) is 83.8 cm³/mol. The summed E-state index contributed by atoms with van der Waals surface area (Å²) in [6, 6.07) is 16.2. The average molecular weight is 279 g/mol. The van der Waals surface area contributed by atoms with Crippen LogP contribution in [0, 0.1) is 0 Å². The molecule has 3 heteroatoms. The van der Waals surface area contributed by atoms with Gasteiger partial charge in [-0.25, -0.2) is 4.57 Å². The first-order valence-corrected chi connectivity index (χ1v) is 7.27. The second-order valence-electron chi connectivity index (χ2n) is 4.73. The van der Waals surface area contributed by atoms with E-state index in [1.54, 1.807) is 0 Å². The molecule has 0 unspecified atom stereocenters. The molecule has 0 aliphatic carbocycles. The van der Waals surface area contributed by atoms with Gasteiger partial charge in [0.25, 0.3) is 0 Å². The number of fused-ring (bicyclic) bond motifs is 5. The van der Waals surface area contributed by atoms with Gasteiger partial charge in [-0.3, -0.25) is 0 Å². The van der Waals surface area contributed by atoms with Crippen molar-refractivity contribution >= 4 is 0 Å². The van der Waals surface area contributed by atoms with E-state index in [0.29, 0.717) is 0 Å². The molecule has 2 aromatic carbocycles. The third-order valence-electron chi connectivity index (χ3n) is 3.39. The first-order valence-electron chi connectivity index (χ1n) is 7.27. The van der Waals surface area contributed by atoms with E-state index in [9.17, 15) is 0 Å². The molecule has 0 saturated heterocycles. The lowest BCUT2D eigenvalue weighted by molar-refractivity contribution is -0.670. The van der Waals surface area contributed by atoms with Crippen LogP contribution in [-0.2, 0) is 7.05 Å². The average Bonchev–Trinajstić information content (AvgIpc) is 2.86. The lowest BCUT2D eigenvalue weighted by Crippen LogP contribution is -2.23. The highest BCUT2D eigenvalue weighted by atomic mass is 16.5. The third kappa shape index (κ3) is 2.21. The van der Waals surface area contributed by atoms with Crippen molar-refractivity contribution in [2.75, 3.05) is 0 Å². The van der Waals surface area contributed by atoms with E-state index in [1.807, 2.05) is 57.3 Å². The summed E-state index contributed by atoms with van der Waals surface area (Å²) < 4.78 is 10.3. The first-order chi connectivity index (χ1) is 10.3. The van der Waals surface area contributed by atoms with Crippen molar-refractivity contribution in [1.29, 1.82) is 0 Å². The van der Waals surface area contributed by atoms with Gasteiger partial charge in [0, 0.05) is 0 Å². The van der Waals surface area contributed by atoms with Crippen LogP contribution in [0.3, 0.4) is 0 Å². The summed E-state index contributed by atoms with van der Waals surface area (Å²) in [4.78, 5) is 0. The van der Waals surface area contributed by atoms with Gasteiger partial charge in [0.15, 0.2) is 17.1 Å². The fourth-order valence-electron chi connectivity index (χ4n) is 2.55. The van der Waals surface area contributed by atoms with Crippen LogP contribution in [0.4, 0.5) is 0 Å². The molecule has 3 aromatic rings. The van der Waals surface area contributed by atoms with Crippen molar-refractivity contribution in [3.05, 3.63) is 61.1 Å². The Bertz CT molecular complexity index is 711. The van der Waals surface area contributed by atoms with Crippen molar-refractivity contribution in [2.24, 2.45) is 7.05 Å². The third-order valence-corrected chi connectivity index (χ3v) is 3.39. The second-order valence-corrected chi connectivity index (χ2v) is 4.73. The van der Waals surface area contributed by atoms with Gasteiger partial charge in [-0.1, -0.05) is 38.1 Å². The fraction of sp³-hybridized carbons (Fsp3) is 0.167. The number of rotatable bonds is 0. The Labute approximate surface area is 125 Å². The van der Waals surface area contributed by atoms with Gasteiger partial charge < -0.3 is 4.74 Å². The van der Waals surface area contributed by atoms with E-state index in [4.69, 9.17) is 4.74 Å². The van der Waals surface area contributed by atoms with E-state index < -0.39 is 0 Å². The number of para-hydroxylation sites is 3. The van der Waals surface area contributed by atoms with Crippen LogP contribution in [0.25, 0.3) is 16.9 Å². The summed E-state index contributed by atoms with van der Waals surface area (Å²) in [6.45, 7) is 4.00. The number of ether oxygens (including phenoxy) is 1. The molecule has 0 spiro atoms. The van der Waals surface area contributed by atoms with Crippen molar-refractivity contribution in [3.8, 4) is 28.4 Å². The zero-order chi connectivity index (χ0) is 14.8.